The molecule has 0 saturated heterocycles. The zero-order valence-electron chi connectivity index (χ0n) is 35.7. The topological polar surface area (TPSA) is 0 Å². The minimum absolute atomic E-state index is 0.129. The van der Waals surface area contributed by atoms with E-state index in [1.54, 1.807) is 0 Å². The Bertz CT molecular complexity index is 2790. The molecule has 0 saturated carbocycles. The van der Waals surface area contributed by atoms with Gasteiger partial charge in [-0.25, -0.2) is 0 Å². The maximum absolute atomic E-state index is 2.32. The number of hydrogen-bond acceptors (Lipinski definition) is 0. The van der Waals surface area contributed by atoms with Crippen molar-refractivity contribution >= 4 is 11.1 Å². The van der Waals surface area contributed by atoms with Crippen molar-refractivity contribution in [3.63, 3.8) is 0 Å². The van der Waals surface area contributed by atoms with Gasteiger partial charge in [-0.05, 0) is 89.0 Å². The van der Waals surface area contributed by atoms with Crippen molar-refractivity contribution in [3.05, 3.63) is 335 Å². The van der Waals surface area contributed by atoms with Gasteiger partial charge < -0.3 is 0 Å². The highest BCUT2D eigenvalue weighted by Crippen LogP contribution is 2.44. The first-order chi connectivity index (χ1) is 31.8. The summed E-state index contributed by atoms with van der Waals surface area (Å²) in [5.41, 5.74) is 19.5. The van der Waals surface area contributed by atoms with Crippen molar-refractivity contribution in [1.29, 1.82) is 0 Å². The summed E-state index contributed by atoms with van der Waals surface area (Å²) in [6.07, 6.45) is 0. The van der Waals surface area contributed by atoms with E-state index >= 15 is 0 Å². The lowest BCUT2D eigenvalue weighted by Crippen LogP contribution is -2.04. The molecule has 10 aromatic rings. The molecule has 0 bridgehead atoms. The van der Waals surface area contributed by atoms with Gasteiger partial charge in [-0.2, -0.15) is 0 Å². The van der Waals surface area contributed by atoms with Crippen LogP contribution in [0.15, 0.2) is 279 Å². The quantitative estimate of drug-likeness (QED) is 0.0851. The predicted octanol–water partition coefficient (Wildman–Crippen LogP) is 16.4. The second-order valence-corrected chi connectivity index (χ2v) is 16.3. The van der Waals surface area contributed by atoms with Crippen molar-refractivity contribution in [2.45, 2.75) is 11.8 Å². The molecule has 0 aliphatic carbocycles. The number of rotatable bonds is 12. The molecule has 0 aliphatic rings. The van der Waals surface area contributed by atoms with Gasteiger partial charge in [0.15, 0.2) is 0 Å². The van der Waals surface area contributed by atoms with Crippen LogP contribution in [0.5, 0.6) is 0 Å². The van der Waals surface area contributed by atoms with E-state index in [0.29, 0.717) is 0 Å². The van der Waals surface area contributed by atoms with Crippen LogP contribution in [0, 0.1) is 0 Å². The molecule has 0 amide bonds. The van der Waals surface area contributed by atoms with E-state index in [1.807, 2.05) is 0 Å². The van der Waals surface area contributed by atoms with Crippen LogP contribution >= 0.6 is 0 Å². The van der Waals surface area contributed by atoms with E-state index in [1.165, 1.54) is 77.9 Å². The molecule has 0 N–H and O–H groups in total. The summed E-state index contributed by atoms with van der Waals surface area (Å²) in [7, 11) is 0. The first kappa shape index (κ1) is 40.0. The maximum atomic E-state index is 2.32. The Morgan fingerprint density at radius 2 is 0.438 bits per heavy atom. The third-order valence-electron chi connectivity index (χ3n) is 12.4. The number of hydrogen-bond donors (Lipinski definition) is 0. The van der Waals surface area contributed by atoms with E-state index in [4.69, 9.17) is 0 Å². The molecule has 0 fully saturated rings. The van der Waals surface area contributed by atoms with Crippen LogP contribution in [0.3, 0.4) is 0 Å². The van der Waals surface area contributed by atoms with E-state index in [-0.39, 0.29) is 11.8 Å². The average molecular weight is 817 g/mol. The Hall–Kier alpha value is -8.06. The molecule has 0 atom stereocenters. The van der Waals surface area contributed by atoms with Gasteiger partial charge in [0.05, 0.1) is 0 Å². The monoisotopic (exact) mass is 816 g/mol. The molecule has 10 aromatic carbocycles. The summed E-state index contributed by atoms with van der Waals surface area (Å²) in [6.45, 7) is 0. The molecule has 64 heavy (non-hydrogen) atoms. The van der Waals surface area contributed by atoms with Crippen LogP contribution in [-0.2, 0) is 0 Å². The molecule has 10 rings (SSSR count). The molecule has 0 spiro atoms. The normalized spacial score (nSPS) is 11.7. The third kappa shape index (κ3) is 8.43. The molecule has 0 aliphatic heterocycles. The highest BCUT2D eigenvalue weighted by atomic mass is 14.3. The minimum Gasteiger partial charge on any atom is -0.0622 e. The summed E-state index contributed by atoms with van der Waals surface area (Å²) in [6, 6.07) is 102. The van der Waals surface area contributed by atoms with Gasteiger partial charge in [-0.1, -0.05) is 279 Å². The molecule has 304 valence electrons. The predicted molar refractivity (Wildman–Crippen MR) is 269 cm³/mol. The van der Waals surface area contributed by atoms with Crippen LogP contribution in [0.2, 0.25) is 0 Å². The van der Waals surface area contributed by atoms with Crippen LogP contribution in [0.1, 0.15) is 67.5 Å². The lowest BCUT2D eigenvalue weighted by Gasteiger charge is -2.23. The van der Waals surface area contributed by atoms with Gasteiger partial charge in [0.25, 0.3) is 0 Å². The fourth-order valence-corrected chi connectivity index (χ4v) is 9.43. The molecule has 0 aromatic heterocycles. The zero-order chi connectivity index (χ0) is 42.9. The molecule has 0 unspecified atom stereocenters. The van der Waals surface area contributed by atoms with Crippen molar-refractivity contribution in [2.75, 3.05) is 0 Å². The summed E-state index contributed by atoms with van der Waals surface area (Å²) < 4.78 is 0. The summed E-state index contributed by atoms with van der Waals surface area (Å²) in [5.74, 6) is 0.258. The fourth-order valence-electron chi connectivity index (χ4n) is 9.43. The van der Waals surface area contributed by atoms with Gasteiger partial charge in [0, 0.05) is 11.8 Å². The van der Waals surface area contributed by atoms with Crippen molar-refractivity contribution in [2.24, 2.45) is 0 Å². The van der Waals surface area contributed by atoms with Crippen molar-refractivity contribution in [1.82, 2.24) is 0 Å². The molecule has 0 radical (unpaired) electrons. The van der Waals surface area contributed by atoms with Gasteiger partial charge >= 0.3 is 0 Å². The third-order valence-corrected chi connectivity index (χ3v) is 12.4. The number of benzene rings is 10. The minimum atomic E-state index is 0.129. The SMILES string of the molecule is c1ccc(C(=C(c2ccccc2)c2ccccc2-c2ccc(C(c3ccccc3)c3ccccc3)cc2)c2ccccc2-c2ccc(C(c3ccccc3)c3ccccc3)cc2)cc1. The summed E-state index contributed by atoms with van der Waals surface area (Å²) in [4.78, 5) is 0. The van der Waals surface area contributed by atoms with Crippen LogP contribution in [0.4, 0.5) is 0 Å². The average Bonchev–Trinajstić information content (AvgIpc) is 3.38. The van der Waals surface area contributed by atoms with E-state index in [0.717, 1.165) is 11.1 Å². The Morgan fingerprint density at radius 1 is 0.203 bits per heavy atom. The Morgan fingerprint density at radius 3 is 0.734 bits per heavy atom. The van der Waals surface area contributed by atoms with Crippen molar-refractivity contribution in [3.8, 4) is 22.3 Å². The van der Waals surface area contributed by atoms with Gasteiger partial charge in [-0.15, -0.1) is 0 Å². The lowest BCUT2D eigenvalue weighted by atomic mass is 9.80. The summed E-state index contributed by atoms with van der Waals surface area (Å²) in [5, 5.41) is 0. The van der Waals surface area contributed by atoms with E-state index in [9.17, 15) is 0 Å². The van der Waals surface area contributed by atoms with Crippen LogP contribution in [-0.4, -0.2) is 0 Å². The van der Waals surface area contributed by atoms with Crippen molar-refractivity contribution < 1.29 is 0 Å². The largest absolute Gasteiger partial charge is 0.0622 e. The molecule has 0 heteroatoms. The van der Waals surface area contributed by atoms with Gasteiger partial charge in [0.1, 0.15) is 0 Å². The fraction of sp³-hybridized carbons (Fsp3) is 0.0312. The second-order valence-electron chi connectivity index (χ2n) is 16.3. The first-order valence-electron chi connectivity index (χ1n) is 22.2. The molecule has 0 nitrogen and oxygen atoms in total. The highest BCUT2D eigenvalue weighted by Gasteiger charge is 2.23. The Labute approximate surface area is 378 Å². The maximum Gasteiger partial charge on any atom is 0.0339 e. The molecular weight excluding hydrogens is 769 g/mol. The Balaban J connectivity index is 1.13. The van der Waals surface area contributed by atoms with Gasteiger partial charge in [0.2, 0.25) is 0 Å². The van der Waals surface area contributed by atoms with E-state index in [2.05, 4.69) is 279 Å². The van der Waals surface area contributed by atoms with Gasteiger partial charge in [-0.3, -0.25) is 0 Å². The first-order valence-corrected chi connectivity index (χ1v) is 22.2. The summed E-state index contributed by atoms with van der Waals surface area (Å²) >= 11 is 0. The van der Waals surface area contributed by atoms with E-state index < -0.39 is 0 Å². The Kier molecular flexibility index (Phi) is 11.8. The smallest absolute Gasteiger partial charge is 0.0339 e. The standard InChI is InChI=1S/C64H48/c1-7-23-49(24-8-1)61(50-25-9-2-10-26-50)55-43-39-47(40-44-55)57-35-19-21-37-59(57)63(53-31-15-5-16-32-53)64(54-33-17-6-18-34-54)60-38-22-20-36-58(60)48-41-45-56(46-42-48)62(51-27-11-3-12-28-51)52-29-13-4-14-30-52/h1-46,61-62H. The highest BCUT2D eigenvalue weighted by molar-refractivity contribution is 6.09. The second kappa shape index (κ2) is 18.9. The van der Waals surface area contributed by atoms with Crippen LogP contribution in [0.25, 0.3) is 33.4 Å². The lowest BCUT2D eigenvalue weighted by molar-refractivity contribution is 0.978. The molecular formula is C64H48. The molecule has 0 heterocycles. The zero-order valence-corrected chi connectivity index (χ0v) is 35.7. The van der Waals surface area contributed by atoms with Crippen LogP contribution < -0.4 is 0 Å².